The molecule has 3 nitrogen and oxygen atoms in total. The number of nitrogens with zero attached hydrogens (tertiary/aromatic N) is 1. The van der Waals surface area contributed by atoms with Crippen LogP contribution in [0.4, 0.5) is 0 Å². The maximum atomic E-state index is 11.6. The number of carbonyl (C=O) groups is 1. The Labute approximate surface area is 97.2 Å². The third-order valence-electron chi connectivity index (χ3n) is 2.99. The summed E-state index contributed by atoms with van der Waals surface area (Å²) < 4.78 is 0. The van der Waals surface area contributed by atoms with Crippen molar-refractivity contribution >= 4 is 5.91 Å². The van der Waals surface area contributed by atoms with Gasteiger partial charge in [0.1, 0.15) is 0 Å². The van der Waals surface area contributed by atoms with Gasteiger partial charge in [-0.15, -0.1) is 0 Å². The minimum Gasteiger partial charge on any atom is -0.376 e. The van der Waals surface area contributed by atoms with Crippen LogP contribution >= 0.6 is 0 Å². The quantitative estimate of drug-likeness (QED) is 0.781. The first kappa shape index (κ1) is 11.2. The second kappa shape index (κ2) is 4.73. The highest BCUT2D eigenvalue weighted by Crippen LogP contribution is 2.29. The fraction of sp³-hybridized carbons (Fsp3) is 0.615. The fourth-order valence-electron chi connectivity index (χ4n) is 1.98. The van der Waals surface area contributed by atoms with E-state index < -0.39 is 0 Å². The monoisotopic (exact) mass is 220 g/mol. The molecule has 0 saturated heterocycles. The number of hydrogen-bond acceptors (Lipinski definition) is 2. The molecule has 88 valence electrons. The smallest absolute Gasteiger partial charge is 0.223 e. The van der Waals surface area contributed by atoms with Crippen molar-refractivity contribution in [3.8, 4) is 0 Å². The third-order valence-corrected chi connectivity index (χ3v) is 2.99. The molecular weight excluding hydrogens is 200 g/mol. The average Bonchev–Trinajstić information content (AvgIpc) is 2.99. The summed E-state index contributed by atoms with van der Waals surface area (Å²) in [5.41, 5.74) is 1.29. The van der Waals surface area contributed by atoms with Crippen LogP contribution < -0.4 is 5.32 Å². The first-order valence-electron chi connectivity index (χ1n) is 6.03. The minimum absolute atomic E-state index is 0.232. The van der Waals surface area contributed by atoms with E-state index in [2.05, 4.69) is 42.5 Å². The van der Waals surface area contributed by atoms with Crippen molar-refractivity contribution in [1.82, 2.24) is 10.2 Å². The molecule has 2 rings (SSSR count). The molecule has 1 atom stereocenters. The second-order valence-electron chi connectivity index (χ2n) is 4.93. The molecule has 0 aromatic rings. The van der Waals surface area contributed by atoms with Crippen LogP contribution in [0.5, 0.6) is 0 Å². The highest BCUT2D eigenvalue weighted by Gasteiger charge is 2.30. The molecule has 1 heterocycles. The van der Waals surface area contributed by atoms with Crippen LogP contribution in [-0.4, -0.2) is 30.4 Å². The van der Waals surface area contributed by atoms with Gasteiger partial charge in [-0.25, -0.2) is 0 Å². The van der Waals surface area contributed by atoms with Crippen LogP contribution in [-0.2, 0) is 4.79 Å². The van der Waals surface area contributed by atoms with Crippen molar-refractivity contribution in [2.24, 2.45) is 5.92 Å². The molecule has 1 aliphatic carbocycles. The molecule has 0 radical (unpaired) electrons. The van der Waals surface area contributed by atoms with E-state index >= 15 is 0 Å². The van der Waals surface area contributed by atoms with Gasteiger partial charge in [-0.3, -0.25) is 4.79 Å². The molecule has 1 aliphatic heterocycles. The largest absolute Gasteiger partial charge is 0.376 e. The molecule has 0 aromatic carbocycles. The minimum atomic E-state index is 0.232. The highest BCUT2D eigenvalue weighted by molar-refractivity contribution is 5.81. The van der Waals surface area contributed by atoms with E-state index in [-0.39, 0.29) is 11.9 Å². The lowest BCUT2D eigenvalue weighted by Crippen LogP contribution is -2.34. The summed E-state index contributed by atoms with van der Waals surface area (Å²) in [7, 11) is 2.07. The van der Waals surface area contributed by atoms with E-state index in [4.69, 9.17) is 0 Å². The molecule has 0 spiro atoms. The SMILES string of the molecule is CC(CC1=CN(C)CC=C1)NC(=O)C1CC1. The van der Waals surface area contributed by atoms with Gasteiger partial charge < -0.3 is 10.2 Å². The lowest BCUT2D eigenvalue weighted by atomic mass is 10.1. The maximum Gasteiger partial charge on any atom is 0.223 e. The molecular formula is C13H20N2O. The molecule has 3 heteroatoms. The molecule has 0 bridgehead atoms. The first-order chi connectivity index (χ1) is 7.65. The van der Waals surface area contributed by atoms with Gasteiger partial charge in [0.25, 0.3) is 0 Å². The Hall–Kier alpha value is -1.25. The number of carbonyl (C=O) groups excluding carboxylic acids is 1. The number of likely N-dealkylation sites (N-methyl/N-ethyl adjacent to an activating group) is 1. The Balaban J connectivity index is 1.79. The predicted molar refractivity (Wildman–Crippen MR) is 64.8 cm³/mol. The van der Waals surface area contributed by atoms with Crippen LogP contribution in [0.1, 0.15) is 26.2 Å². The average molecular weight is 220 g/mol. The standard InChI is InChI=1S/C13H20N2O/c1-10(14-13(16)12-5-6-12)8-11-4-3-7-15(2)9-11/h3-4,9-10,12H,5-8H2,1-2H3,(H,14,16). The number of amides is 1. The van der Waals surface area contributed by atoms with Gasteiger partial charge in [0.05, 0.1) is 0 Å². The maximum absolute atomic E-state index is 11.6. The Morgan fingerprint density at radius 2 is 2.38 bits per heavy atom. The van der Waals surface area contributed by atoms with E-state index in [0.29, 0.717) is 5.92 Å². The molecule has 1 N–H and O–H groups in total. The lowest BCUT2D eigenvalue weighted by Gasteiger charge is -2.20. The van der Waals surface area contributed by atoms with Gasteiger partial charge >= 0.3 is 0 Å². The molecule has 1 unspecified atom stereocenters. The summed E-state index contributed by atoms with van der Waals surface area (Å²) in [6.07, 6.45) is 9.53. The molecule has 2 aliphatic rings. The van der Waals surface area contributed by atoms with Crippen molar-refractivity contribution in [3.05, 3.63) is 23.9 Å². The molecule has 16 heavy (non-hydrogen) atoms. The van der Waals surface area contributed by atoms with Crippen LogP contribution in [0, 0.1) is 5.92 Å². The Morgan fingerprint density at radius 3 is 3.00 bits per heavy atom. The van der Waals surface area contributed by atoms with E-state index in [1.54, 1.807) is 0 Å². The lowest BCUT2D eigenvalue weighted by molar-refractivity contribution is -0.122. The van der Waals surface area contributed by atoms with E-state index in [1.165, 1.54) is 5.57 Å². The summed E-state index contributed by atoms with van der Waals surface area (Å²) in [6, 6.07) is 0.232. The Kier molecular flexibility index (Phi) is 3.32. The molecule has 0 aromatic heterocycles. The van der Waals surface area contributed by atoms with Gasteiger partial charge in [-0.05, 0) is 31.8 Å². The number of nitrogens with one attached hydrogen (secondary N) is 1. The zero-order chi connectivity index (χ0) is 11.5. The van der Waals surface area contributed by atoms with Gasteiger partial charge in [-0.1, -0.05) is 12.2 Å². The zero-order valence-corrected chi connectivity index (χ0v) is 10.1. The number of rotatable bonds is 4. The summed E-state index contributed by atoms with van der Waals surface area (Å²) in [6.45, 7) is 3.05. The highest BCUT2D eigenvalue weighted by atomic mass is 16.2. The van der Waals surface area contributed by atoms with Gasteiger partial charge in [0.15, 0.2) is 0 Å². The normalized spacial score (nSPS) is 21.6. The predicted octanol–water partition coefficient (Wildman–Crippen LogP) is 1.68. The van der Waals surface area contributed by atoms with Crippen LogP contribution in [0.15, 0.2) is 23.9 Å². The first-order valence-corrected chi connectivity index (χ1v) is 6.03. The topological polar surface area (TPSA) is 32.3 Å². The van der Waals surface area contributed by atoms with Crippen LogP contribution in [0.25, 0.3) is 0 Å². The van der Waals surface area contributed by atoms with Crippen LogP contribution in [0.2, 0.25) is 0 Å². The molecule has 1 fully saturated rings. The summed E-state index contributed by atoms with van der Waals surface area (Å²) in [5.74, 6) is 0.544. The summed E-state index contributed by atoms with van der Waals surface area (Å²) in [5, 5.41) is 3.07. The van der Waals surface area contributed by atoms with Crippen molar-refractivity contribution in [2.75, 3.05) is 13.6 Å². The zero-order valence-electron chi connectivity index (χ0n) is 10.1. The van der Waals surface area contributed by atoms with Gasteiger partial charge in [-0.2, -0.15) is 0 Å². The summed E-state index contributed by atoms with van der Waals surface area (Å²) in [4.78, 5) is 13.7. The van der Waals surface area contributed by atoms with Crippen molar-refractivity contribution in [1.29, 1.82) is 0 Å². The van der Waals surface area contributed by atoms with Crippen molar-refractivity contribution in [2.45, 2.75) is 32.2 Å². The van der Waals surface area contributed by atoms with E-state index in [0.717, 1.165) is 25.8 Å². The van der Waals surface area contributed by atoms with E-state index in [9.17, 15) is 4.79 Å². The van der Waals surface area contributed by atoms with E-state index in [1.807, 2.05) is 0 Å². The van der Waals surface area contributed by atoms with Gasteiger partial charge in [0, 0.05) is 31.8 Å². The van der Waals surface area contributed by atoms with Crippen LogP contribution in [0.3, 0.4) is 0 Å². The third kappa shape index (κ3) is 3.12. The molecule has 1 amide bonds. The van der Waals surface area contributed by atoms with Crippen molar-refractivity contribution in [3.63, 3.8) is 0 Å². The fourth-order valence-corrected chi connectivity index (χ4v) is 1.98. The Bertz CT molecular complexity index is 329. The number of allylic oxidation sites excluding steroid dienone is 1. The molecule has 1 saturated carbocycles. The van der Waals surface area contributed by atoms with Crippen molar-refractivity contribution < 1.29 is 4.79 Å². The summed E-state index contributed by atoms with van der Waals surface area (Å²) >= 11 is 0. The second-order valence-corrected chi connectivity index (χ2v) is 4.93. The Morgan fingerprint density at radius 1 is 1.62 bits per heavy atom. The number of hydrogen-bond donors (Lipinski definition) is 1. The van der Waals surface area contributed by atoms with Gasteiger partial charge in [0.2, 0.25) is 5.91 Å².